The van der Waals surface area contributed by atoms with Crippen molar-refractivity contribution in [3.8, 4) is 11.6 Å². The van der Waals surface area contributed by atoms with Crippen molar-refractivity contribution in [1.82, 2.24) is 4.98 Å². The van der Waals surface area contributed by atoms with Crippen molar-refractivity contribution in [2.75, 3.05) is 13.2 Å². The van der Waals surface area contributed by atoms with E-state index in [1.54, 1.807) is 12.1 Å². The first-order chi connectivity index (χ1) is 5.86. The van der Waals surface area contributed by atoms with Gasteiger partial charge in [0, 0.05) is 12.1 Å². The van der Waals surface area contributed by atoms with Gasteiger partial charge in [-0.3, -0.25) is 0 Å². The lowest BCUT2D eigenvalue weighted by Crippen LogP contribution is -1.96. The van der Waals surface area contributed by atoms with Gasteiger partial charge in [0.2, 0.25) is 5.88 Å². The molecule has 0 atom stereocenters. The van der Waals surface area contributed by atoms with Gasteiger partial charge in [0.1, 0.15) is 5.75 Å². The van der Waals surface area contributed by atoms with E-state index in [1.807, 2.05) is 13.8 Å². The average molecular weight is 166 g/mol. The number of pyridine rings is 1. The molecule has 0 aliphatic carbocycles. The van der Waals surface area contributed by atoms with Crippen molar-refractivity contribution in [2.24, 2.45) is 0 Å². The lowest BCUT2D eigenvalue weighted by Gasteiger charge is -2.04. The van der Waals surface area contributed by atoms with E-state index in [0.717, 1.165) is 5.75 Å². The molecule has 0 aliphatic rings. The Hall–Kier alpha value is -1.25. The summed E-state index contributed by atoms with van der Waals surface area (Å²) in [7, 11) is 0. The number of hydrogen-bond donors (Lipinski definition) is 0. The third-order valence-corrected chi connectivity index (χ3v) is 1.25. The van der Waals surface area contributed by atoms with Crippen LogP contribution in [-0.2, 0) is 0 Å². The van der Waals surface area contributed by atoms with Crippen LogP contribution in [-0.4, -0.2) is 18.2 Å². The number of ether oxygens (including phenoxy) is 2. The van der Waals surface area contributed by atoms with Crippen LogP contribution in [0.15, 0.2) is 12.1 Å². The molecule has 3 nitrogen and oxygen atoms in total. The number of hydrogen-bond acceptors (Lipinski definition) is 3. The molecule has 0 N–H and O–H groups in total. The Morgan fingerprint density at radius 3 is 2.75 bits per heavy atom. The highest BCUT2D eigenvalue weighted by molar-refractivity contribution is 5.25. The van der Waals surface area contributed by atoms with Crippen molar-refractivity contribution < 1.29 is 9.47 Å². The smallest absolute Gasteiger partial charge is 0.217 e. The third-order valence-electron chi connectivity index (χ3n) is 1.25. The molecule has 0 fully saturated rings. The van der Waals surface area contributed by atoms with Gasteiger partial charge in [-0.15, -0.1) is 0 Å². The second-order valence-electron chi connectivity index (χ2n) is 2.14. The molecule has 0 saturated carbocycles. The predicted octanol–water partition coefficient (Wildman–Crippen LogP) is 1.68. The summed E-state index contributed by atoms with van der Waals surface area (Å²) in [6, 6.07) is 3.44. The molecule has 0 aromatic carbocycles. The molecule has 3 heteroatoms. The summed E-state index contributed by atoms with van der Waals surface area (Å²) in [5.74, 6) is 1.31. The van der Waals surface area contributed by atoms with Gasteiger partial charge in [0.25, 0.3) is 0 Å². The minimum atomic E-state index is 0.559. The van der Waals surface area contributed by atoms with Crippen molar-refractivity contribution in [3.63, 3.8) is 0 Å². The lowest BCUT2D eigenvalue weighted by atomic mass is 10.4. The molecule has 0 aliphatic heterocycles. The summed E-state index contributed by atoms with van der Waals surface area (Å²) < 4.78 is 10.4. The SMILES string of the molecule is CCOc1c[c]nc(OCC)c1. The van der Waals surface area contributed by atoms with Crippen molar-refractivity contribution in [3.05, 3.63) is 18.3 Å². The fourth-order valence-corrected chi connectivity index (χ4v) is 0.827. The maximum absolute atomic E-state index is 5.24. The van der Waals surface area contributed by atoms with Gasteiger partial charge in [-0.1, -0.05) is 0 Å². The lowest BCUT2D eigenvalue weighted by molar-refractivity contribution is 0.313. The van der Waals surface area contributed by atoms with Gasteiger partial charge >= 0.3 is 0 Å². The number of nitrogens with zero attached hydrogens (tertiary/aromatic N) is 1. The second-order valence-corrected chi connectivity index (χ2v) is 2.14. The van der Waals surface area contributed by atoms with Crippen molar-refractivity contribution in [2.45, 2.75) is 13.8 Å². The molecule has 1 aromatic heterocycles. The van der Waals surface area contributed by atoms with Crippen LogP contribution in [0, 0.1) is 6.20 Å². The molecule has 0 saturated heterocycles. The largest absolute Gasteiger partial charge is 0.494 e. The van der Waals surface area contributed by atoms with Gasteiger partial charge in [-0.05, 0) is 13.8 Å². The highest BCUT2D eigenvalue weighted by Gasteiger charge is 1.96. The molecule has 0 spiro atoms. The van der Waals surface area contributed by atoms with Gasteiger partial charge in [-0.25, -0.2) is 4.98 Å². The highest BCUT2D eigenvalue weighted by atomic mass is 16.5. The van der Waals surface area contributed by atoms with Crippen LogP contribution in [0.2, 0.25) is 0 Å². The van der Waals surface area contributed by atoms with E-state index in [0.29, 0.717) is 19.1 Å². The number of rotatable bonds is 4. The Balaban J connectivity index is 2.67. The van der Waals surface area contributed by atoms with Crippen molar-refractivity contribution >= 4 is 0 Å². The quantitative estimate of drug-likeness (QED) is 0.682. The maximum atomic E-state index is 5.24. The van der Waals surface area contributed by atoms with E-state index in [4.69, 9.17) is 9.47 Å². The minimum absolute atomic E-state index is 0.559. The Bertz CT molecular complexity index is 216. The molecule has 0 unspecified atom stereocenters. The van der Waals surface area contributed by atoms with Crippen LogP contribution in [0.1, 0.15) is 13.8 Å². The van der Waals surface area contributed by atoms with Crippen LogP contribution >= 0.6 is 0 Å². The molecular formula is C9H12NO2. The maximum Gasteiger partial charge on any atom is 0.217 e. The van der Waals surface area contributed by atoms with Gasteiger partial charge in [-0.2, -0.15) is 0 Å². The Morgan fingerprint density at radius 2 is 2.08 bits per heavy atom. The zero-order valence-electron chi connectivity index (χ0n) is 7.33. The minimum Gasteiger partial charge on any atom is -0.494 e. The Labute approximate surface area is 72.3 Å². The van der Waals surface area contributed by atoms with Crippen LogP contribution in [0.25, 0.3) is 0 Å². The van der Waals surface area contributed by atoms with E-state index in [2.05, 4.69) is 11.2 Å². The Morgan fingerprint density at radius 1 is 1.33 bits per heavy atom. The third kappa shape index (κ3) is 2.42. The predicted molar refractivity (Wildman–Crippen MR) is 45.4 cm³/mol. The highest BCUT2D eigenvalue weighted by Crippen LogP contribution is 2.15. The molecule has 65 valence electrons. The molecule has 1 aromatic rings. The van der Waals surface area contributed by atoms with E-state index in [-0.39, 0.29) is 0 Å². The molecule has 0 bridgehead atoms. The van der Waals surface area contributed by atoms with E-state index >= 15 is 0 Å². The summed E-state index contributed by atoms with van der Waals surface area (Å²) in [6.45, 7) is 5.09. The van der Waals surface area contributed by atoms with Crippen LogP contribution < -0.4 is 9.47 Å². The zero-order chi connectivity index (χ0) is 8.81. The summed E-state index contributed by atoms with van der Waals surface area (Å²) in [5.41, 5.74) is 0. The van der Waals surface area contributed by atoms with Crippen molar-refractivity contribution in [1.29, 1.82) is 0 Å². The molecule has 1 heterocycles. The van der Waals surface area contributed by atoms with Crippen LogP contribution in [0.5, 0.6) is 11.6 Å². The monoisotopic (exact) mass is 166 g/mol. The van der Waals surface area contributed by atoms with Gasteiger partial charge < -0.3 is 9.47 Å². The average Bonchev–Trinajstić information content (AvgIpc) is 2.06. The summed E-state index contributed by atoms with van der Waals surface area (Å²) >= 11 is 0. The van der Waals surface area contributed by atoms with E-state index in [9.17, 15) is 0 Å². The fraction of sp³-hybridized carbons (Fsp3) is 0.444. The van der Waals surface area contributed by atoms with Crippen LogP contribution in [0.3, 0.4) is 0 Å². The molecular weight excluding hydrogens is 154 g/mol. The van der Waals surface area contributed by atoms with Gasteiger partial charge in [0.15, 0.2) is 0 Å². The first-order valence-corrected chi connectivity index (χ1v) is 4.00. The Kier molecular flexibility index (Phi) is 3.38. The summed E-state index contributed by atoms with van der Waals surface area (Å²) in [5, 5.41) is 0. The summed E-state index contributed by atoms with van der Waals surface area (Å²) in [6.07, 6.45) is 2.70. The fourth-order valence-electron chi connectivity index (χ4n) is 0.827. The molecule has 1 radical (unpaired) electrons. The summed E-state index contributed by atoms with van der Waals surface area (Å²) in [4.78, 5) is 3.88. The van der Waals surface area contributed by atoms with Crippen LogP contribution in [0.4, 0.5) is 0 Å². The topological polar surface area (TPSA) is 31.4 Å². The molecule has 12 heavy (non-hydrogen) atoms. The second kappa shape index (κ2) is 4.59. The molecule has 1 rings (SSSR count). The van der Waals surface area contributed by atoms with E-state index in [1.165, 1.54) is 0 Å². The normalized spacial score (nSPS) is 9.50. The molecule has 0 amide bonds. The first kappa shape index (κ1) is 8.84. The van der Waals surface area contributed by atoms with Gasteiger partial charge in [0.05, 0.1) is 19.4 Å². The zero-order valence-corrected chi connectivity index (χ0v) is 7.33. The standard InChI is InChI=1S/C9H12NO2/c1-3-11-8-5-6-10-9(7-8)12-4-2/h5,7H,3-4H2,1-2H3. The first-order valence-electron chi connectivity index (χ1n) is 4.00. The van der Waals surface area contributed by atoms with E-state index < -0.39 is 0 Å². The number of aromatic nitrogens is 1.